The Morgan fingerprint density at radius 2 is 1.81 bits per heavy atom. The summed E-state index contributed by atoms with van der Waals surface area (Å²) in [6.07, 6.45) is 5.07. The second kappa shape index (κ2) is 10.8. The molecule has 1 saturated carbocycles. The molecule has 7 rings (SSSR count). The lowest BCUT2D eigenvalue weighted by Gasteiger charge is -2.33. The van der Waals surface area contributed by atoms with Gasteiger partial charge in [-0.25, -0.2) is 14.8 Å². The van der Waals surface area contributed by atoms with Crippen molar-refractivity contribution in [3.63, 3.8) is 0 Å². The number of amides is 2. The van der Waals surface area contributed by atoms with Crippen molar-refractivity contribution in [1.29, 1.82) is 0 Å². The molecule has 1 aliphatic heterocycles. The van der Waals surface area contributed by atoms with E-state index in [4.69, 9.17) is 14.7 Å². The molecule has 3 aromatic carbocycles. The van der Waals surface area contributed by atoms with Crippen LogP contribution in [0.2, 0.25) is 0 Å². The van der Waals surface area contributed by atoms with Crippen molar-refractivity contribution in [3.8, 4) is 23.0 Å². The molecule has 2 amide bonds. The molecule has 10 heteroatoms. The first-order valence-corrected chi connectivity index (χ1v) is 14.4. The molecule has 5 aromatic rings. The minimum absolute atomic E-state index is 0.0748. The van der Waals surface area contributed by atoms with E-state index in [-0.39, 0.29) is 17.9 Å². The van der Waals surface area contributed by atoms with Gasteiger partial charge in [0.15, 0.2) is 0 Å². The normalized spacial score (nSPS) is 16.9. The van der Waals surface area contributed by atoms with Crippen molar-refractivity contribution in [2.45, 2.75) is 31.7 Å². The second-order valence-corrected chi connectivity index (χ2v) is 10.9. The van der Waals surface area contributed by atoms with Gasteiger partial charge in [0.1, 0.15) is 17.4 Å². The van der Waals surface area contributed by atoms with Gasteiger partial charge in [-0.2, -0.15) is 4.98 Å². The molecule has 1 atom stereocenters. The predicted octanol–water partition coefficient (Wildman–Crippen LogP) is 4.85. The molecule has 0 bridgehead atoms. The lowest BCUT2D eigenvalue weighted by Crippen LogP contribution is -2.48. The van der Waals surface area contributed by atoms with E-state index in [1.165, 1.54) is 7.05 Å². The third kappa shape index (κ3) is 5.11. The summed E-state index contributed by atoms with van der Waals surface area (Å²) < 4.78 is 7.44. The molecule has 3 heterocycles. The lowest BCUT2D eigenvalue weighted by atomic mass is 10.1. The van der Waals surface area contributed by atoms with Crippen LogP contribution in [0.25, 0.3) is 39.0 Å². The summed E-state index contributed by atoms with van der Waals surface area (Å²) in [6.45, 7) is 1.47. The molecule has 1 aliphatic carbocycles. The predicted molar refractivity (Wildman–Crippen MR) is 161 cm³/mol. The van der Waals surface area contributed by atoms with Crippen molar-refractivity contribution >= 4 is 39.8 Å². The number of nitrogens with zero attached hydrogens (tertiary/aromatic N) is 5. The topological polar surface area (TPSA) is 114 Å². The van der Waals surface area contributed by atoms with Crippen LogP contribution in [0.5, 0.6) is 5.75 Å². The number of benzene rings is 3. The first kappa shape index (κ1) is 25.9. The molecular formula is C32H31N7O3. The maximum absolute atomic E-state index is 12.4. The maximum atomic E-state index is 12.4. The Hall–Kier alpha value is -4.99. The Balaban J connectivity index is 1.30. The highest BCUT2D eigenvalue weighted by molar-refractivity contribution is 5.90. The fourth-order valence-electron chi connectivity index (χ4n) is 5.59. The summed E-state index contributed by atoms with van der Waals surface area (Å²) in [5.74, 6) is 2.70. The Bertz CT molecular complexity index is 1810. The minimum atomic E-state index is -0.548. The van der Waals surface area contributed by atoms with Gasteiger partial charge in [-0.15, -0.1) is 0 Å². The number of hydrogen-bond acceptors (Lipinski definition) is 7. The Morgan fingerprint density at radius 3 is 2.64 bits per heavy atom. The van der Waals surface area contributed by atoms with E-state index >= 15 is 0 Å². The van der Waals surface area contributed by atoms with Crippen molar-refractivity contribution in [3.05, 3.63) is 72.9 Å². The van der Waals surface area contributed by atoms with Crippen molar-refractivity contribution in [1.82, 2.24) is 30.2 Å². The molecule has 42 heavy (non-hydrogen) atoms. The Labute approximate surface area is 242 Å². The number of rotatable bonds is 6. The molecule has 2 N–H and O–H groups in total. The second-order valence-electron chi connectivity index (χ2n) is 10.9. The van der Waals surface area contributed by atoms with Crippen molar-refractivity contribution in [2.24, 2.45) is 5.92 Å². The summed E-state index contributed by atoms with van der Waals surface area (Å²) in [4.78, 5) is 41.1. The first-order chi connectivity index (χ1) is 20.6. The van der Waals surface area contributed by atoms with E-state index in [1.54, 1.807) is 18.3 Å². The highest BCUT2D eigenvalue weighted by Crippen LogP contribution is 2.33. The summed E-state index contributed by atoms with van der Waals surface area (Å²) in [7, 11) is 1.52. The van der Waals surface area contributed by atoms with Crippen LogP contribution in [0.4, 0.5) is 10.7 Å². The van der Waals surface area contributed by atoms with Crippen LogP contribution in [0.3, 0.4) is 0 Å². The number of carbonyl (C=O) groups is 2. The van der Waals surface area contributed by atoms with E-state index in [0.29, 0.717) is 29.9 Å². The number of aromatic nitrogens is 4. The van der Waals surface area contributed by atoms with Gasteiger partial charge in [0, 0.05) is 49.9 Å². The van der Waals surface area contributed by atoms with E-state index in [9.17, 15) is 9.59 Å². The quantitative estimate of drug-likeness (QED) is 0.305. The van der Waals surface area contributed by atoms with Crippen LogP contribution >= 0.6 is 0 Å². The number of anilines is 1. The molecule has 212 valence electrons. The summed E-state index contributed by atoms with van der Waals surface area (Å²) in [6, 6.07) is 21.8. The van der Waals surface area contributed by atoms with Crippen LogP contribution in [-0.2, 0) is 4.79 Å². The lowest BCUT2D eigenvalue weighted by molar-refractivity contribution is -0.123. The summed E-state index contributed by atoms with van der Waals surface area (Å²) >= 11 is 0. The number of piperidine rings is 1. The molecule has 0 unspecified atom stereocenters. The highest BCUT2D eigenvalue weighted by atomic mass is 16.5. The van der Waals surface area contributed by atoms with E-state index in [2.05, 4.69) is 50.8 Å². The first-order valence-electron chi connectivity index (χ1n) is 14.4. The molecule has 1 saturated heterocycles. The van der Waals surface area contributed by atoms with Gasteiger partial charge >= 0.3 is 6.09 Å². The van der Waals surface area contributed by atoms with Crippen LogP contribution in [-0.4, -0.2) is 57.7 Å². The van der Waals surface area contributed by atoms with Crippen LogP contribution in [0, 0.1) is 5.92 Å². The number of carbonyl (C=O) groups excluding carboxylic acids is 2. The summed E-state index contributed by atoms with van der Waals surface area (Å²) in [5, 5.41) is 7.96. The average Bonchev–Trinajstić information content (AvgIpc) is 3.81. The zero-order chi connectivity index (χ0) is 28.6. The van der Waals surface area contributed by atoms with Gasteiger partial charge < -0.3 is 20.3 Å². The van der Waals surface area contributed by atoms with Crippen LogP contribution in [0.15, 0.2) is 72.9 Å². The van der Waals surface area contributed by atoms with E-state index < -0.39 is 6.09 Å². The van der Waals surface area contributed by atoms with E-state index in [0.717, 1.165) is 59.6 Å². The fraction of sp³-hybridized carbons (Fsp3) is 0.281. The highest BCUT2D eigenvalue weighted by Gasteiger charge is 2.32. The van der Waals surface area contributed by atoms with Crippen LogP contribution < -0.4 is 20.3 Å². The van der Waals surface area contributed by atoms with Gasteiger partial charge in [0.25, 0.3) is 0 Å². The van der Waals surface area contributed by atoms with E-state index in [1.807, 2.05) is 28.8 Å². The molecule has 2 aliphatic rings. The number of ether oxygens (including phenoxy) is 1. The smallest absolute Gasteiger partial charge is 0.410 e. The maximum Gasteiger partial charge on any atom is 0.412 e. The SMILES string of the molecule is CNC(=O)Oc1ccc2nc(-c3ccc4ccccc4c3)n(-c3ccnc(N4CCC[C@@H](NC(=O)C5CC5)C4)n3)c2c1. The van der Waals surface area contributed by atoms with Gasteiger partial charge in [-0.05, 0) is 60.7 Å². The molecule has 0 radical (unpaired) electrons. The zero-order valence-corrected chi connectivity index (χ0v) is 23.3. The van der Waals surface area contributed by atoms with Gasteiger partial charge in [-0.1, -0.05) is 36.4 Å². The van der Waals surface area contributed by atoms with Crippen molar-refractivity contribution < 1.29 is 14.3 Å². The zero-order valence-electron chi connectivity index (χ0n) is 23.3. The minimum Gasteiger partial charge on any atom is -0.410 e. The Morgan fingerprint density at radius 1 is 0.952 bits per heavy atom. The Kier molecular flexibility index (Phi) is 6.65. The molecular weight excluding hydrogens is 530 g/mol. The molecule has 10 nitrogen and oxygen atoms in total. The van der Waals surface area contributed by atoms with Gasteiger partial charge in [0.05, 0.1) is 11.0 Å². The standard InChI is InChI=1S/C32H31N7O3/c1-33-32(41)42-25-12-13-26-27(18-25)39(29(36-26)23-11-8-20-5-2-3-6-22(20)17-23)28-14-15-34-31(37-28)38-16-4-7-24(19-38)35-30(40)21-9-10-21/h2-3,5-6,8,11-15,17-18,21,24H,4,7,9-10,16,19H2,1H3,(H,33,41)(H,35,40)/t24-/m1/s1. The molecule has 0 spiro atoms. The molecule has 2 aromatic heterocycles. The third-order valence-corrected chi connectivity index (χ3v) is 7.90. The third-order valence-electron chi connectivity index (χ3n) is 7.90. The van der Waals surface area contributed by atoms with Crippen molar-refractivity contribution in [2.75, 3.05) is 25.0 Å². The number of fused-ring (bicyclic) bond motifs is 2. The number of hydrogen-bond donors (Lipinski definition) is 2. The fourth-order valence-corrected chi connectivity index (χ4v) is 5.59. The monoisotopic (exact) mass is 561 g/mol. The average molecular weight is 562 g/mol. The summed E-state index contributed by atoms with van der Waals surface area (Å²) in [5.41, 5.74) is 2.42. The largest absolute Gasteiger partial charge is 0.412 e. The number of imidazole rings is 1. The van der Waals surface area contributed by atoms with Gasteiger partial charge in [0.2, 0.25) is 11.9 Å². The number of nitrogens with one attached hydrogen (secondary N) is 2. The van der Waals surface area contributed by atoms with Gasteiger partial charge in [-0.3, -0.25) is 9.36 Å². The van der Waals surface area contributed by atoms with Crippen LogP contribution in [0.1, 0.15) is 25.7 Å². The molecule has 2 fully saturated rings.